The Kier molecular flexibility index (Phi) is 3.52. The molecule has 2 aliphatic rings. The second-order valence-corrected chi connectivity index (χ2v) is 6.84. The van der Waals surface area contributed by atoms with Gasteiger partial charge in [-0.1, -0.05) is 0 Å². The Bertz CT molecular complexity index is 899. The van der Waals surface area contributed by atoms with Crippen molar-refractivity contribution in [1.82, 2.24) is 15.1 Å². The number of benzene rings is 1. The summed E-state index contributed by atoms with van der Waals surface area (Å²) in [5.74, 6) is 1.12. The molecule has 1 fully saturated rings. The van der Waals surface area contributed by atoms with Gasteiger partial charge in [-0.15, -0.1) is 0 Å². The first kappa shape index (κ1) is 15.7. The zero-order valence-electron chi connectivity index (χ0n) is 14.1. The van der Waals surface area contributed by atoms with Crippen molar-refractivity contribution in [1.29, 1.82) is 0 Å². The molecule has 0 bridgehead atoms. The van der Waals surface area contributed by atoms with Crippen LogP contribution in [-0.4, -0.2) is 28.5 Å². The molecule has 1 saturated carbocycles. The molecular formula is C18H19N3O4. The van der Waals surface area contributed by atoms with Gasteiger partial charge in [-0.3, -0.25) is 9.59 Å². The van der Waals surface area contributed by atoms with Gasteiger partial charge in [0.2, 0.25) is 12.7 Å². The molecule has 0 unspecified atom stereocenters. The Morgan fingerprint density at radius 2 is 1.96 bits per heavy atom. The first-order valence-corrected chi connectivity index (χ1v) is 8.27. The molecule has 1 N–H and O–H groups in total. The third-order valence-electron chi connectivity index (χ3n) is 4.47. The lowest BCUT2D eigenvalue weighted by molar-refractivity contribution is -0.129. The van der Waals surface area contributed by atoms with E-state index in [2.05, 4.69) is 10.4 Å². The van der Waals surface area contributed by atoms with E-state index in [0.717, 1.165) is 18.4 Å². The maximum Gasteiger partial charge on any atom is 0.267 e. The van der Waals surface area contributed by atoms with Crippen molar-refractivity contribution in [3.63, 3.8) is 0 Å². The van der Waals surface area contributed by atoms with Crippen LogP contribution >= 0.6 is 0 Å². The van der Waals surface area contributed by atoms with Gasteiger partial charge in [0.25, 0.3) is 5.56 Å². The number of fused-ring (bicyclic) bond motifs is 1. The number of hydrogen-bond donors (Lipinski definition) is 1. The Morgan fingerprint density at radius 3 is 2.72 bits per heavy atom. The lowest BCUT2D eigenvalue weighted by Gasteiger charge is -2.25. The molecule has 7 heteroatoms. The zero-order valence-corrected chi connectivity index (χ0v) is 14.1. The summed E-state index contributed by atoms with van der Waals surface area (Å²) in [5.41, 5.74) is -0.0199. The van der Waals surface area contributed by atoms with E-state index in [1.54, 1.807) is 26.0 Å². The Morgan fingerprint density at radius 1 is 1.20 bits per heavy atom. The van der Waals surface area contributed by atoms with E-state index >= 15 is 0 Å². The molecule has 25 heavy (non-hydrogen) atoms. The number of nitrogens with one attached hydrogen (secondary N) is 1. The second-order valence-electron chi connectivity index (χ2n) is 6.84. The van der Waals surface area contributed by atoms with Gasteiger partial charge < -0.3 is 14.8 Å². The Hall–Kier alpha value is -2.83. The summed E-state index contributed by atoms with van der Waals surface area (Å²) in [7, 11) is 0. The van der Waals surface area contributed by atoms with E-state index < -0.39 is 5.54 Å². The van der Waals surface area contributed by atoms with E-state index in [1.807, 2.05) is 12.1 Å². The lowest BCUT2D eigenvalue weighted by atomic mass is 10.0. The number of hydrogen-bond acceptors (Lipinski definition) is 5. The zero-order chi connectivity index (χ0) is 17.6. The van der Waals surface area contributed by atoms with Gasteiger partial charge in [-0.25, -0.2) is 4.68 Å². The molecule has 130 valence electrons. The van der Waals surface area contributed by atoms with Crippen molar-refractivity contribution in [3.05, 3.63) is 40.7 Å². The summed E-state index contributed by atoms with van der Waals surface area (Å²) < 4.78 is 11.9. The fourth-order valence-corrected chi connectivity index (χ4v) is 2.71. The third-order valence-corrected chi connectivity index (χ3v) is 4.47. The molecule has 4 rings (SSSR count). The summed E-state index contributed by atoms with van der Waals surface area (Å²) in [6.07, 6.45) is 1.97. The second kappa shape index (κ2) is 5.61. The predicted molar refractivity (Wildman–Crippen MR) is 90.5 cm³/mol. The molecule has 1 aromatic heterocycles. The molecule has 0 radical (unpaired) electrons. The van der Waals surface area contributed by atoms with E-state index in [4.69, 9.17) is 9.47 Å². The molecule has 0 spiro atoms. The molecule has 2 heterocycles. The summed E-state index contributed by atoms with van der Waals surface area (Å²) in [6, 6.07) is 8.77. The number of carbonyl (C=O) groups is 1. The van der Waals surface area contributed by atoms with Crippen molar-refractivity contribution >= 4 is 5.91 Å². The standard InChI is InChI=1S/C18H19N3O4/c1-18(2,17(23)19-12-4-5-12)21-16(22)8-6-13(20-21)11-3-7-14-15(9-11)25-10-24-14/h3,6-9,12H,4-5,10H2,1-2H3,(H,19,23). The maximum absolute atomic E-state index is 12.5. The fourth-order valence-electron chi connectivity index (χ4n) is 2.71. The first-order valence-electron chi connectivity index (χ1n) is 8.27. The van der Waals surface area contributed by atoms with Gasteiger partial charge in [-0.05, 0) is 51.0 Å². The van der Waals surface area contributed by atoms with Gasteiger partial charge in [0.05, 0.1) is 5.69 Å². The molecule has 0 saturated heterocycles. The Balaban J connectivity index is 1.71. The van der Waals surface area contributed by atoms with E-state index in [-0.39, 0.29) is 24.3 Å². The molecular weight excluding hydrogens is 322 g/mol. The number of ether oxygens (including phenoxy) is 2. The summed E-state index contributed by atoms with van der Waals surface area (Å²) in [4.78, 5) is 24.8. The smallest absolute Gasteiger partial charge is 0.267 e. The quantitative estimate of drug-likeness (QED) is 0.914. The highest BCUT2D eigenvalue weighted by Gasteiger charge is 2.35. The summed E-state index contributed by atoms with van der Waals surface area (Å²) >= 11 is 0. The van der Waals surface area contributed by atoms with Crippen LogP contribution in [0.4, 0.5) is 0 Å². The predicted octanol–water partition coefficient (Wildman–Crippen LogP) is 1.65. The van der Waals surface area contributed by atoms with Crippen LogP contribution in [0, 0.1) is 0 Å². The van der Waals surface area contributed by atoms with Crippen LogP contribution < -0.4 is 20.3 Å². The van der Waals surface area contributed by atoms with Crippen LogP contribution in [0.5, 0.6) is 11.5 Å². The minimum atomic E-state index is -1.08. The molecule has 1 aliphatic heterocycles. The van der Waals surface area contributed by atoms with Gasteiger partial charge in [0.1, 0.15) is 5.54 Å². The van der Waals surface area contributed by atoms with Crippen LogP contribution in [0.15, 0.2) is 35.1 Å². The number of aromatic nitrogens is 2. The van der Waals surface area contributed by atoms with Gasteiger partial charge in [0.15, 0.2) is 11.5 Å². The number of nitrogens with zero attached hydrogens (tertiary/aromatic N) is 2. The van der Waals surface area contributed by atoms with Crippen molar-refractivity contribution in [2.24, 2.45) is 0 Å². The largest absolute Gasteiger partial charge is 0.454 e. The van der Waals surface area contributed by atoms with Crippen LogP contribution in [-0.2, 0) is 10.3 Å². The first-order chi connectivity index (χ1) is 11.9. The van der Waals surface area contributed by atoms with Crippen molar-refractivity contribution in [2.45, 2.75) is 38.3 Å². The van der Waals surface area contributed by atoms with Crippen molar-refractivity contribution < 1.29 is 14.3 Å². The van der Waals surface area contributed by atoms with E-state index in [1.165, 1.54) is 10.7 Å². The Labute approximate surface area is 144 Å². The number of rotatable bonds is 4. The SMILES string of the molecule is CC(C)(C(=O)NC1CC1)n1nc(-c2ccc3c(c2)OCO3)ccc1=O. The monoisotopic (exact) mass is 341 g/mol. The van der Waals surface area contributed by atoms with Crippen LogP contribution in [0.3, 0.4) is 0 Å². The summed E-state index contributed by atoms with van der Waals surface area (Å²) in [5, 5.41) is 7.37. The molecule has 1 aliphatic carbocycles. The van der Waals surface area contributed by atoms with Crippen molar-refractivity contribution in [2.75, 3.05) is 6.79 Å². The van der Waals surface area contributed by atoms with E-state index in [9.17, 15) is 9.59 Å². The van der Waals surface area contributed by atoms with Gasteiger partial charge >= 0.3 is 0 Å². The minimum absolute atomic E-state index is 0.195. The van der Waals surface area contributed by atoms with E-state index in [0.29, 0.717) is 17.2 Å². The van der Waals surface area contributed by atoms with Crippen LogP contribution in [0.1, 0.15) is 26.7 Å². The van der Waals surface area contributed by atoms with Crippen LogP contribution in [0.25, 0.3) is 11.3 Å². The molecule has 1 aromatic carbocycles. The fraction of sp³-hybridized carbons (Fsp3) is 0.389. The topological polar surface area (TPSA) is 82.5 Å². The highest BCUT2D eigenvalue weighted by molar-refractivity contribution is 5.84. The highest BCUT2D eigenvalue weighted by Crippen LogP contribution is 2.35. The van der Waals surface area contributed by atoms with Gasteiger partial charge in [0, 0.05) is 17.7 Å². The normalized spacial score (nSPS) is 15.9. The van der Waals surface area contributed by atoms with Crippen molar-refractivity contribution in [3.8, 4) is 22.8 Å². The highest BCUT2D eigenvalue weighted by atomic mass is 16.7. The van der Waals surface area contributed by atoms with Gasteiger partial charge in [-0.2, -0.15) is 5.10 Å². The molecule has 1 amide bonds. The lowest BCUT2D eigenvalue weighted by Crippen LogP contribution is -2.50. The third kappa shape index (κ3) is 2.86. The minimum Gasteiger partial charge on any atom is -0.454 e. The molecule has 7 nitrogen and oxygen atoms in total. The van der Waals surface area contributed by atoms with Crippen LogP contribution in [0.2, 0.25) is 0 Å². The molecule has 2 aromatic rings. The average molecular weight is 341 g/mol. The number of carbonyl (C=O) groups excluding carboxylic acids is 1. The maximum atomic E-state index is 12.5. The molecule has 0 atom stereocenters. The number of amides is 1. The summed E-state index contributed by atoms with van der Waals surface area (Å²) in [6.45, 7) is 3.59. The average Bonchev–Trinajstić information content (AvgIpc) is 3.28.